The molecule has 4 N–H and O–H groups in total. The number of carbonyl (C=O) groups is 3. The zero-order valence-corrected chi connectivity index (χ0v) is 25.8. The normalized spacial score (nSPS) is 16.4. The van der Waals surface area contributed by atoms with Crippen LogP contribution in [0.1, 0.15) is 22.3 Å². The minimum absolute atomic E-state index is 0.00476. The van der Waals surface area contributed by atoms with Crippen LogP contribution in [0.4, 0.5) is 16.2 Å². The van der Waals surface area contributed by atoms with Gasteiger partial charge in [0.1, 0.15) is 18.1 Å². The van der Waals surface area contributed by atoms with Crippen LogP contribution in [0.15, 0.2) is 71.2 Å². The van der Waals surface area contributed by atoms with Crippen LogP contribution in [-0.4, -0.2) is 74.9 Å². The van der Waals surface area contributed by atoms with Gasteiger partial charge in [-0.3, -0.25) is 4.79 Å². The number of hydrogen-bond donors (Lipinski definition) is 4. The summed E-state index contributed by atoms with van der Waals surface area (Å²) in [5, 5.41) is 14.6. The summed E-state index contributed by atoms with van der Waals surface area (Å²) in [6.07, 6.45) is 1.40. The maximum absolute atomic E-state index is 13.5. The van der Waals surface area contributed by atoms with Crippen LogP contribution in [0.2, 0.25) is 0 Å². The lowest BCUT2D eigenvalue weighted by atomic mass is 10.1. The van der Waals surface area contributed by atoms with E-state index in [4.69, 9.17) is 14.6 Å². The highest BCUT2D eigenvalue weighted by molar-refractivity contribution is 9.10. The van der Waals surface area contributed by atoms with Gasteiger partial charge in [0.15, 0.2) is 0 Å². The molecule has 1 aliphatic rings. The highest BCUT2D eigenvalue weighted by Crippen LogP contribution is 2.28. The Bertz CT molecular complexity index is 1600. The number of rotatable bonds is 11. The van der Waals surface area contributed by atoms with Crippen molar-refractivity contribution in [2.24, 2.45) is 0 Å². The number of nitrogens with zero attached hydrogens (tertiary/aromatic N) is 1. The van der Waals surface area contributed by atoms with E-state index >= 15 is 0 Å². The van der Waals surface area contributed by atoms with E-state index in [1.165, 1.54) is 31.4 Å². The predicted octanol–water partition coefficient (Wildman–Crippen LogP) is 3.94. The fraction of sp³-hybridized carbons (Fsp3) is 0.276. The molecule has 3 amide bonds. The van der Waals surface area contributed by atoms with Gasteiger partial charge in [-0.25, -0.2) is 22.7 Å². The number of anilines is 2. The zero-order chi connectivity index (χ0) is 31.1. The number of para-hydroxylation sites is 1. The average Bonchev–Trinajstić information content (AvgIpc) is 3.35. The van der Waals surface area contributed by atoms with E-state index < -0.39 is 34.1 Å². The summed E-state index contributed by atoms with van der Waals surface area (Å²) in [7, 11) is -2.05. The van der Waals surface area contributed by atoms with Gasteiger partial charge in [0, 0.05) is 17.1 Å². The monoisotopic (exact) mass is 674 g/mol. The fourth-order valence-electron chi connectivity index (χ4n) is 4.72. The van der Waals surface area contributed by atoms with Crippen molar-refractivity contribution in [3.63, 3.8) is 0 Å². The molecule has 0 aromatic heterocycles. The Kier molecular flexibility index (Phi) is 10.3. The fourth-order valence-corrected chi connectivity index (χ4v) is 5.88. The molecule has 0 spiro atoms. The minimum Gasteiger partial charge on any atom is -0.495 e. The van der Waals surface area contributed by atoms with E-state index in [2.05, 4.69) is 31.3 Å². The Morgan fingerprint density at radius 2 is 1.72 bits per heavy atom. The maximum atomic E-state index is 13.5. The molecular formula is C29H31BrN4O8S. The van der Waals surface area contributed by atoms with Crippen LogP contribution in [0.25, 0.3) is 0 Å². The number of ether oxygens (including phenoxy) is 2. The van der Waals surface area contributed by atoms with Gasteiger partial charge in [-0.15, -0.1) is 0 Å². The first-order valence-electron chi connectivity index (χ1n) is 13.1. The number of nitrogens with one attached hydrogen (secondary N) is 3. The third kappa shape index (κ3) is 8.92. The molecule has 3 aromatic carbocycles. The molecule has 3 aromatic rings. The summed E-state index contributed by atoms with van der Waals surface area (Å²) in [4.78, 5) is 38.7. The van der Waals surface area contributed by atoms with Crippen molar-refractivity contribution in [3.8, 4) is 11.5 Å². The van der Waals surface area contributed by atoms with Gasteiger partial charge in [0.25, 0.3) is 0 Å². The van der Waals surface area contributed by atoms with Crippen LogP contribution in [0.3, 0.4) is 0 Å². The summed E-state index contributed by atoms with van der Waals surface area (Å²) >= 11 is 3.39. The van der Waals surface area contributed by atoms with E-state index in [0.29, 0.717) is 34.9 Å². The molecule has 0 radical (unpaired) electrons. The number of hydrogen-bond acceptors (Lipinski definition) is 7. The number of benzene rings is 3. The van der Waals surface area contributed by atoms with E-state index in [9.17, 15) is 22.8 Å². The number of amides is 3. The molecule has 43 heavy (non-hydrogen) atoms. The minimum atomic E-state index is -3.51. The van der Waals surface area contributed by atoms with E-state index in [1.807, 2.05) is 6.07 Å². The second-order valence-electron chi connectivity index (χ2n) is 9.93. The number of carboxylic acid groups (broad SMARTS) is 1. The van der Waals surface area contributed by atoms with Gasteiger partial charge in [-0.2, -0.15) is 0 Å². The van der Waals surface area contributed by atoms with Crippen LogP contribution in [0, 0.1) is 0 Å². The standard InChI is InChI=1S/C29H31BrN4O8S/c1-41-26-13-18(7-12-25(26)32-29(38)31-24-6-4-3-5-23(24)30)14-27(35)34-16-20(33-43(2,39)40)15-21(34)17-42-22-10-8-19(9-11-22)28(36)37/h3-13,20-21,33H,14-17H2,1-2H3,(H,36,37)(H2,31,32,38)/t20?,21-/m0/s1. The third-order valence-electron chi connectivity index (χ3n) is 6.65. The molecule has 1 fully saturated rings. The molecule has 0 aliphatic carbocycles. The van der Waals surface area contributed by atoms with Crippen molar-refractivity contribution >= 4 is 55.2 Å². The second-order valence-corrected chi connectivity index (χ2v) is 12.6. The first kappa shape index (κ1) is 31.8. The number of sulfonamides is 1. The summed E-state index contributed by atoms with van der Waals surface area (Å²) in [6.45, 7) is 0.239. The Balaban J connectivity index is 1.43. The molecule has 14 heteroatoms. The van der Waals surface area contributed by atoms with Gasteiger partial charge in [0.05, 0.1) is 42.8 Å². The van der Waals surface area contributed by atoms with Gasteiger partial charge in [-0.05, 0) is 76.4 Å². The van der Waals surface area contributed by atoms with Crippen LogP contribution in [-0.2, 0) is 21.2 Å². The van der Waals surface area contributed by atoms with Crippen LogP contribution >= 0.6 is 15.9 Å². The number of likely N-dealkylation sites (tertiary alicyclic amines) is 1. The predicted molar refractivity (Wildman–Crippen MR) is 164 cm³/mol. The molecule has 1 aliphatic heterocycles. The van der Waals surface area contributed by atoms with E-state index in [1.54, 1.807) is 41.3 Å². The van der Waals surface area contributed by atoms with Gasteiger partial charge >= 0.3 is 12.0 Å². The first-order chi connectivity index (χ1) is 20.4. The molecule has 0 bridgehead atoms. The Morgan fingerprint density at radius 1 is 1.02 bits per heavy atom. The zero-order valence-electron chi connectivity index (χ0n) is 23.4. The number of urea groups is 1. The molecule has 1 saturated heterocycles. The quantitative estimate of drug-likeness (QED) is 0.238. The van der Waals surface area contributed by atoms with Crippen molar-refractivity contribution in [3.05, 3.63) is 82.3 Å². The SMILES string of the molecule is COc1cc(CC(=O)N2CC(NS(C)(=O)=O)C[C@H]2COc2ccc(C(=O)O)cc2)ccc1NC(=O)Nc1ccccc1Br. The first-order valence-corrected chi connectivity index (χ1v) is 15.8. The lowest BCUT2D eigenvalue weighted by molar-refractivity contribution is -0.131. The maximum Gasteiger partial charge on any atom is 0.335 e. The van der Waals surface area contributed by atoms with Crippen LogP contribution < -0.4 is 24.8 Å². The Hall–Kier alpha value is -4.14. The highest BCUT2D eigenvalue weighted by atomic mass is 79.9. The molecule has 4 rings (SSSR count). The van der Waals surface area contributed by atoms with E-state index in [0.717, 1.165) is 10.7 Å². The molecule has 0 saturated carbocycles. The van der Waals surface area contributed by atoms with E-state index in [-0.39, 0.29) is 31.0 Å². The molecule has 228 valence electrons. The van der Waals surface area contributed by atoms with Crippen molar-refractivity contribution in [2.75, 3.05) is 37.2 Å². The Labute approximate surface area is 257 Å². The third-order valence-corrected chi connectivity index (χ3v) is 8.10. The van der Waals surface area contributed by atoms with Crippen molar-refractivity contribution in [2.45, 2.75) is 24.9 Å². The van der Waals surface area contributed by atoms with Crippen molar-refractivity contribution < 1.29 is 37.4 Å². The number of methoxy groups -OCH3 is 1. The lowest BCUT2D eigenvalue weighted by Crippen LogP contribution is -2.41. The summed E-state index contributed by atoms with van der Waals surface area (Å²) < 4.78 is 38.4. The smallest absolute Gasteiger partial charge is 0.335 e. The molecule has 1 unspecified atom stereocenters. The largest absolute Gasteiger partial charge is 0.495 e. The number of carboxylic acids is 1. The summed E-state index contributed by atoms with van der Waals surface area (Å²) in [5.41, 5.74) is 1.74. The van der Waals surface area contributed by atoms with Gasteiger partial charge in [-0.1, -0.05) is 18.2 Å². The molecular weight excluding hydrogens is 644 g/mol. The molecule has 12 nitrogen and oxygen atoms in total. The molecule has 2 atom stereocenters. The lowest BCUT2D eigenvalue weighted by Gasteiger charge is -2.25. The van der Waals surface area contributed by atoms with Gasteiger partial charge < -0.3 is 30.1 Å². The highest BCUT2D eigenvalue weighted by Gasteiger charge is 2.37. The summed E-state index contributed by atoms with van der Waals surface area (Å²) in [6, 6.07) is 16.6. The number of aromatic carboxylic acids is 1. The van der Waals surface area contributed by atoms with Gasteiger partial charge in [0.2, 0.25) is 15.9 Å². The molecule has 1 heterocycles. The number of halogens is 1. The topological polar surface area (TPSA) is 163 Å². The second kappa shape index (κ2) is 13.9. The average molecular weight is 676 g/mol. The summed E-state index contributed by atoms with van der Waals surface area (Å²) in [5.74, 6) is -0.524. The van der Waals surface area contributed by atoms with Crippen molar-refractivity contribution in [1.29, 1.82) is 0 Å². The van der Waals surface area contributed by atoms with Crippen LogP contribution in [0.5, 0.6) is 11.5 Å². The number of carbonyl (C=O) groups excluding carboxylic acids is 2. The Morgan fingerprint density at radius 3 is 2.37 bits per heavy atom. The van der Waals surface area contributed by atoms with Crippen molar-refractivity contribution in [1.82, 2.24) is 9.62 Å².